The van der Waals surface area contributed by atoms with Crippen molar-refractivity contribution in [3.8, 4) is 0 Å². The van der Waals surface area contributed by atoms with Crippen molar-refractivity contribution in [2.24, 2.45) is 0 Å². The van der Waals surface area contributed by atoms with Crippen LogP contribution in [0.25, 0.3) is 0 Å². The largest absolute Gasteiger partial charge is 0.325 e. The first kappa shape index (κ1) is 12.7. The van der Waals surface area contributed by atoms with E-state index in [1.807, 2.05) is 0 Å². The number of rotatable bonds is 3. The van der Waals surface area contributed by atoms with Crippen molar-refractivity contribution in [2.45, 2.75) is 25.3 Å². The summed E-state index contributed by atoms with van der Waals surface area (Å²) >= 11 is 11.8. The second kappa shape index (κ2) is 5.71. The van der Waals surface area contributed by atoms with Gasteiger partial charge in [-0.25, -0.2) is 0 Å². The Kier molecular flexibility index (Phi) is 4.26. The van der Waals surface area contributed by atoms with Gasteiger partial charge in [0.1, 0.15) is 0 Å². The molecule has 0 bridgehead atoms. The summed E-state index contributed by atoms with van der Waals surface area (Å²) in [6, 6.07) is 5.33. The van der Waals surface area contributed by atoms with Crippen LogP contribution in [0.3, 0.4) is 0 Å². The van der Waals surface area contributed by atoms with Crippen LogP contribution in [-0.2, 0) is 4.79 Å². The van der Waals surface area contributed by atoms with Crippen LogP contribution in [0.5, 0.6) is 0 Å². The summed E-state index contributed by atoms with van der Waals surface area (Å²) in [5.41, 5.74) is 0.610. The van der Waals surface area contributed by atoms with Crippen molar-refractivity contribution in [1.82, 2.24) is 5.32 Å². The van der Waals surface area contributed by atoms with Gasteiger partial charge in [-0.2, -0.15) is 0 Å². The lowest BCUT2D eigenvalue weighted by Gasteiger charge is -2.11. The van der Waals surface area contributed by atoms with E-state index in [4.69, 9.17) is 23.2 Å². The predicted octanol–water partition coefficient (Wildman–Crippen LogP) is 3.07. The maximum atomic E-state index is 11.8. The second-order valence-electron chi connectivity index (χ2n) is 4.17. The van der Waals surface area contributed by atoms with E-state index in [0.717, 1.165) is 19.4 Å². The number of hydrogen-bond donors (Lipinski definition) is 2. The number of amides is 1. The fraction of sp³-hybridized carbons (Fsp3) is 0.417. The molecule has 1 aliphatic heterocycles. The monoisotopic (exact) mass is 272 g/mol. The number of carbonyl (C=O) groups is 1. The molecule has 3 nitrogen and oxygen atoms in total. The highest BCUT2D eigenvalue weighted by molar-refractivity contribution is 6.36. The smallest absolute Gasteiger partial charge is 0.225 e. The number of hydrogen-bond acceptors (Lipinski definition) is 2. The molecule has 2 rings (SSSR count). The molecule has 2 N–H and O–H groups in total. The minimum absolute atomic E-state index is 0.0198. The summed E-state index contributed by atoms with van der Waals surface area (Å²) < 4.78 is 0. The van der Waals surface area contributed by atoms with Gasteiger partial charge in [0, 0.05) is 17.5 Å². The van der Waals surface area contributed by atoms with Crippen LogP contribution in [0, 0.1) is 0 Å². The van der Waals surface area contributed by atoms with Gasteiger partial charge in [0.15, 0.2) is 0 Å². The summed E-state index contributed by atoms with van der Waals surface area (Å²) in [5, 5.41) is 7.10. The number of anilines is 1. The van der Waals surface area contributed by atoms with Crippen LogP contribution in [0.2, 0.25) is 10.0 Å². The first-order chi connectivity index (χ1) is 8.15. The molecule has 17 heavy (non-hydrogen) atoms. The minimum atomic E-state index is -0.0198. The van der Waals surface area contributed by atoms with Gasteiger partial charge in [-0.1, -0.05) is 23.2 Å². The van der Waals surface area contributed by atoms with E-state index in [1.54, 1.807) is 18.2 Å². The van der Waals surface area contributed by atoms with E-state index in [9.17, 15) is 4.79 Å². The highest BCUT2D eigenvalue weighted by atomic mass is 35.5. The van der Waals surface area contributed by atoms with Crippen LogP contribution < -0.4 is 10.6 Å². The fourth-order valence-corrected chi connectivity index (χ4v) is 2.40. The molecular formula is C12H14Cl2N2O. The molecule has 0 aromatic heterocycles. The van der Waals surface area contributed by atoms with Gasteiger partial charge in [0.2, 0.25) is 5.91 Å². The fourth-order valence-electron chi connectivity index (χ4n) is 1.95. The van der Waals surface area contributed by atoms with Crippen molar-refractivity contribution in [1.29, 1.82) is 0 Å². The zero-order valence-corrected chi connectivity index (χ0v) is 10.8. The average molecular weight is 273 g/mol. The molecule has 1 aromatic carbocycles. The number of benzene rings is 1. The molecule has 0 saturated carbocycles. The predicted molar refractivity (Wildman–Crippen MR) is 70.7 cm³/mol. The van der Waals surface area contributed by atoms with E-state index < -0.39 is 0 Å². The Morgan fingerprint density at radius 2 is 2.29 bits per heavy atom. The van der Waals surface area contributed by atoms with Crippen molar-refractivity contribution in [3.05, 3.63) is 28.2 Å². The maximum absolute atomic E-state index is 11.8. The van der Waals surface area contributed by atoms with E-state index in [1.165, 1.54) is 0 Å². The lowest BCUT2D eigenvalue weighted by molar-refractivity contribution is -0.116. The lowest BCUT2D eigenvalue weighted by atomic mass is 10.1. The Hall–Kier alpha value is -0.770. The first-order valence-corrected chi connectivity index (χ1v) is 6.39. The Morgan fingerprint density at radius 1 is 1.47 bits per heavy atom. The zero-order valence-electron chi connectivity index (χ0n) is 9.30. The summed E-state index contributed by atoms with van der Waals surface area (Å²) in [6.45, 7) is 1.000. The van der Waals surface area contributed by atoms with Crippen molar-refractivity contribution in [2.75, 3.05) is 11.9 Å². The van der Waals surface area contributed by atoms with Crippen molar-refractivity contribution in [3.63, 3.8) is 0 Å². The third-order valence-electron chi connectivity index (χ3n) is 2.80. The maximum Gasteiger partial charge on any atom is 0.225 e. The van der Waals surface area contributed by atoms with Crippen LogP contribution >= 0.6 is 23.2 Å². The highest BCUT2D eigenvalue weighted by Gasteiger charge is 2.18. The number of halogens is 2. The minimum Gasteiger partial charge on any atom is -0.325 e. The zero-order chi connectivity index (χ0) is 12.3. The molecule has 1 aliphatic rings. The topological polar surface area (TPSA) is 41.1 Å². The average Bonchev–Trinajstić information content (AvgIpc) is 2.75. The molecule has 1 fully saturated rings. The van der Waals surface area contributed by atoms with Gasteiger partial charge in [-0.3, -0.25) is 4.79 Å². The molecule has 92 valence electrons. The van der Waals surface area contributed by atoms with Crippen molar-refractivity contribution < 1.29 is 4.79 Å². The molecule has 1 saturated heterocycles. The van der Waals surface area contributed by atoms with E-state index in [2.05, 4.69) is 10.6 Å². The normalized spacial score (nSPS) is 19.3. The van der Waals surface area contributed by atoms with Crippen LogP contribution in [-0.4, -0.2) is 18.5 Å². The van der Waals surface area contributed by atoms with Crippen LogP contribution in [0.15, 0.2) is 18.2 Å². The third kappa shape index (κ3) is 3.60. The van der Waals surface area contributed by atoms with Crippen LogP contribution in [0.4, 0.5) is 5.69 Å². The standard InChI is InChI=1S/C12H14Cl2N2O/c13-8-3-4-11(10(14)6-8)16-12(17)7-9-2-1-5-15-9/h3-4,6,9,15H,1-2,5,7H2,(H,16,17). The summed E-state index contributed by atoms with van der Waals surface area (Å²) in [7, 11) is 0. The molecule has 5 heteroatoms. The number of carbonyl (C=O) groups excluding carboxylic acids is 1. The third-order valence-corrected chi connectivity index (χ3v) is 3.35. The van der Waals surface area contributed by atoms with Crippen LogP contribution in [0.1, 0.15) is 19.3 Å². The van der Waals surface area contributed by atoms with E-state index >= 15 is 0 Å². The summed E-state index contributed by atoms with van der Waals surface area (Å²) in [6.07, 6.45) is 2.68. The Balaban J connectivity index is 1.93. The van der Waals surface area contributed by atoms with Gasteiger partial charge in [-0.15, -0.1) is 0 Å². The van der Waals surface area contributed by atoms with Gasteiger partial charge in [0.25, 0.3) is 0 Å². The van der Waals surface area contributed by atoms with Crippen molar-refractivity contribution >= 4 is 34.8 Å². The highest BCUT2D eigenvalue weighted by Crippen LogP contribution is 2.25. The molecule has 0 aliphatic carbocycles. The summed E-state index contributed by atoms with van der Waals surface area (Å²) in [5.74, 6) is -0.0198. The molecule has 1 heterocycles. The number of nitrogens with one attached hydrogen (secondary N) is 2. The molecule has 0 spiro atoms. The lowest BCUT2D eigenvalue weighted by Crippen LogP contribution is -2.27. The molecular weight excluding hydrogens is 259 g/mol. The van der Waals surface area contributed by atoms with E-state index in [0.29, 0.717) is 28.2 Å². The molecule has 0 radical (unpaired) electrons. The molecule has 1 unspecified atom stereocenters. The van der Waals surface area contributed by atoms with Gasteiger partial charge in [-0.05, 0) is 37.6 Å². The van der Waals surface area contributed by atoms with Gasteiger partial charge in [0.05, 0.1) is 10.7 Å². The Bertz CT molecular complexity index is 417. The Labute approximate surface area is 110 Å². The quantitative estimate of drug-likeness (QED) is 0.888. The SMILES string of the molecule is O=C(CC1CCCN1)Nc1ccc(Cl)cc1Cl. The van der Waals surface area contributed by atoms with Gasteiger partial charge >= 0.3 is 0 Å². The molecule has 1 atom stereocenters. The Morgan fingerprint density at radius 3 is 2.94 bits per heavy atom. The van der Waals surface area contributed by atoms with E-state index in [-0.39, 0.29) is 5.91 Å². The molecule has 1 amide bonds. The summed E-state index contributed by atoms with van der Waals surface area (Å²) in [4.78, 5) is 11.8. The first-order valence-electron chi connectivity index (χ1n) is 5.63. The van der Waals surface area contributed by atoms with Gasteiger partial charge < -0.3 is 10.6 Å². The second-order valence-corrected chi connectivity index (χ2v) is 5.01. The molecule has 1 aromatic rings.